The molecule has 2 atom stereocenters. The zero-order valence-electron chi connectivity index (χ0n) is 20.8. The number of hydrogen-bond donors (Lipinski definition) is 2. The van der Waals surface area contributed by atoms with Crippen LogP contribution in [0.5, 0.6) is 0 Å². The van der Waals surface area contributed by atoms with Crippen molar-refractivity contribution in [2.75, 3.05) is 11.9 Å². The number of nitrogens with one attached hydrogen (secondary N) is 2. The van der Waals surface area contributed by atoms with Crippen LogP contribution in [0.4, 0.5) is 10.5 Å². The number of aryl methyl sites for hydroxylation is 1. The summed E-state index contributed by atoms with van der Waals surface area (Å²) < 4.78 is 2.16. The van der Waals surface area contributed by atoms with E-state index in [9.17, 15) is 14.4 Å². The predicted octanol–water partition coefficient (Wildman–Crippen LogP) is 3.75. The molecule has 2 fully saturated rings. The Morgan fingerprint density at radius 1 is 1.17 bits per heavy atom. The van der Waals surface area contributed by atoms with E-state index in [1.165, 1.54) is 6.42 Å². The van der Waals surface area contributed by atoms with Crippen molar-refractivity contribution < 1.29 is 14.4 Å². The molecule has 1 aromatic heterocycles. The molecule has 3 heterocycles. The summed E-state index contributed by atoms with van der Waals surface area (Å²) in [6, 6.07) is 6.97. The first-order chi connectivity index (χ1) is 16.7. The fraction of sp³-hybridized carbons (Fsp3) is 0.577. The van der Waals surface area contributed by atoms with Gasteiger partial charge in [-0.2, -0.15) is 0 Å². The van der Waals surface area contributed by atoms with Crippen LogP contribution in [0.2, 0.25) is 0 Å². The number of imide groups is 1. The van der Waals surface area contributed by atoms with Gasteiger partial charge in [0.25, 0.3) is 5.91 Å². The van der Waals surface area contributed by atoms with Gasteiger partial charge in [-0.3, -0.25) is 14.5 Å². The summed E-state index contributed by atoms with van der Waals surface area (Å²) in [5.41, 5.74) is 0.492. The van der Waals surface area contributed by atoms with Gasteiger partial charge in [0.05, 0.1) is 0 Å². The third kappa shape index (κ3) is 4.56. The molecule has 1 spiro atoms. The molecule has 2 aliphatic heterocycles. The quantitative estimate of drug-likeness (QED) is 0.651. The molecule has 2 aromatic rings. The van der Waals surface area contributed by atoms with Crippen LogP contribution in [-0.2, 0) is 22.6 Å². The molecule has 9 heteroatoms. The van der Waals surface area contributed by atoms with E-state index in [1.54, 1.807) is 6.07 Å². The van der Waals surface area contributed by atoms with Crippen molar-refractivity contribution in [2.24, 2.45) is 11.3 Å². The molecule has 1 saturated carbocycles. The van der Waals surface area contributed by atoms with E-state index in [0.717, 1.165) is 54.3 Å². The second-order valence-electron chi connectivity index (χ2n) is 11.3. The van der Waals surface area contributed by atoms with Gasteiger partial charge in [0.1, 0.15) is 17.9 Å². The highest BCUT2D eigenvalue weighted by Gasteiger charge is 2.56. The minimum absolute atomic E-state index is 0.0563. The molecular weight excluding hydrogens is 444 g/mol. The van der Waals surface area contributed by atoms with Crippen LogP contribution in [0.15, 0.2) is 24.3 Å². The SMILES string of the molecule is C[C@@H]1CC(C)(C)C[C@]2(C1)NC(=O)N(CC(=O)Nc1cccc(-c3nnc4n3CCCCC4)c1)C2=O. The Kier molecular flexibility index (Phi) is 5.89. The van der Waals surface area contributed by atoms with Crippen molar-refractivity contribution in [3.63, 3.8) is 0 Å². The van der Waals surface area contributed by atoms with E-state index in [4.69, 9.17) is 0 Å². The predicted molar refractivity (Wildman–Crippen MR) is 131 cm³/mol. The first kappa shape index (κ1) is 23.5. The van der Waals surface area contributed by atoms with Gasteiger partial charge in [0.15, 0.2) is 5.82 Å². The molecule has 5 rings (SSSR count). The van der Waals surface area contributed by atoms with E-state index in [0.29, 0.717) is 24.4 Å². The Morgan fingerprint density at radius 2 is 2.00 bits per heavy atom. The summed E-state index contributed by atoms with van der Waals surface area (Å²) in [7, 11) is 0. The maximum Gasteiger partial charge on any atom is 0.325 e. The number of benzene rings is 1. The van der Waals surface area contributed by atoms with Crippen LogP contribution in [0.25, 0.3) is 11.4 Å². The number of rotatable bonds is 4. The second-order valence-corrected chi connectivity index (χ2v) is 11.3. The van der Waals surface area contributed by atoms with Crippen LogP contribution in [0.3, 0.4) is 0 Å². The van der Waals surface area contributed by atoms with E-state index in [-0.39, 0.29) is 17.9 Å². The first-order valence-corrected chi connectivity index (χ1v) is 12.6. The van der Waals surface area contributed by atoms with Gasteiger partial charge in [-0.15, -0.1) is 10.2 Å². The summed E-state index contributed by atoms with van der Waals surface area (Å²) in [5, 5.41) is 14.5. The Morgan fingerprint density at radius 3 is 2.80 bits per heavy atom. The van der Waals surface area contributed by atoms with Gasteiger partial charge in [0, 0.05) is 24.2 Å². The largest absolute Gasteiger partial charge is 0.325 e. The van der Waals surface area contributed by atoms with Crippen molar-refractivity contribution in [3.8, 4) is 11.4 Å². The summed E-state index contributed by atoms with van der Waals surface area (Å²) in [6.07, 6.45) is 6.50. The summed E-state index contributed by atoms with van der Waals surface area (Å²) in [5.74, 6) is 1.40. The molecule has 186 valence electrons. The highest BCUT2D eigenvalue weighted by molar-refractivity contribution is 6.10. The van der Waals surface area contributed by atoms with Crippen LogP contribution in [0, 0.1) is 11.3 Å². The van der Waals surface area contributed by atoms with Gasteiger partial charge in [-0.25, -0.2) is 4.79 Å². The van der Waals surface area contributed by atoms with Crippen LogP contribution in [-0.4, -0.2) is 49.6 Å². The highest BCUT2D eigenvalue weighted by Crippen LogP contribution is 2.46. The molecule has 3 aliphatic rings. The minimum Gasteiger partial charge on any atom is -0.325 e. The monoisotopic (exact) mass is 478 g/mol. The van der Waals surface area contributed by atoms with Gasteiger partial charge in [0.2, 0.25) is 5.91 Å². The maximum absolute atomic E-state index is 13.3. The fourth-order valence-electron chi connectivity index (χ4n) is 6.43. The number of aromatic nitrogens is 3. The molecule has 1 aliphatic carbocycles. The van der Waals surface area contributed by atoms with E-state index in [1.807, 2.05) is 18.2 Å². The molecule has 0 bridgehead atoms. The number of carbonyl (C=O) groups excluding carboxylic acids is 3. The molecule has 0 unspecified atom stereocenters. The lowest BCUT2D eigenvalue weighted by atomic mass is 9.64. The zero-order valence-corrected chi connectivity index (χ0v) is 20.8. The van der Waals surface area contributed by atoms with Crippen LogP contribution < -0.4 is 10.6 Å². The summed E-state index contributed by atoms with van der Waals surface area (Å²) >= 11 is 0. The number of urea groups is 1. The Labute approximate surface area is 205 Å². The molecule has 1 aromatic carbocycles. The molecule has 2 N–H and O–H groups in total. The summed E-state index contributed by atoms with van der Waals surface area (Å²) in [4.78, 5) is 40.0. The van der Waals surface area contributed by atoms with Gasteiger partial charge >= 0.3 is 6.03 Å². The average Bonchev–Trinajstić information content (AvgIpc) is 3.15. The third-order valence-electron chi connectivity index (χ3n) is 7.44. The Hall–Kier alpha value is -3.23. The van der Waals surface area contributed by atoms with Crippen LogP contribution >= 0.6 is 0 Å². The van der Waals surface area contributed by atoms with E-state index >= 15 is 0 Å². The smallest absolute Gasteiger partial charge is 0.325 e. The van der Waals surface area contributed by atoms with Crippen molar-refractivity contribution in [1.29, 1.82) is 0 Å². The number of fused-ring (bicyclic) bond motifs is 1. The lowest BCUT2D eigenvalue weighted by Gasteiger charge is -2.43. The molecule has 9 nitrogen and oxygen atoms in total. The lowest BCUT2D eigenvalue weighted by Crippen LogP contribution is -2.54. The number of carbonyl (C=O) groups is 3. The minimum atomic E-state index is -0.913. The van der Waals surface area contributed by atoms with E-state index in [2.05, 4.69) is 46.2 Å². The standard InChI is InChI=1S/C26H34N6O3/c1-17-13-25(2,3)16-26(14-17)23(34)32(24(35)28-26)15-21(33)27-19-9-7-8-18(12-19)22-30-29-20-10-5-4-6-11-31(20)22/h7-9,12,17H,4-6,10-11,13-16H2,1-3H3,(H,27,33)(H,28,35)/t17-,26+/m1/s1. The topological polar surface area (TPSA) is 109 Å². The molecular formula is C26H34N6O3. The molecule has 0 radical (unpaired) electrons. The van der Waals surface area contributed by atoms with Crippen molar-refractivity contribution >= 4 is 23.5 Å². The zero-order chi connectivity index (χ0) is 24.8. The van der Waals surface area contributed by atoms with Gasteiger partial charge in [-0.1, -0.05) is 39.3 Å². The van der Waals surface area contributed by atoms with Crippen molar-refractivity contribution in [3.05, 3.63) is 30.1 Å². The second kappa shape index (κ2) is 8.77. The normalized spacial score (nSPS) is 25.8. The summed E-state index contributed by atoms with van der Waals surface area (Å²) in [6.45, 7) is 6.93. The highest BCUT2D eigenvalue weighted by atomic mass is 16.2. The molecule has 1 saturated heterocycles. The first-order valence-electron chi connectivity index (χ1n) is 12.6. The Balaban J connectivity index is 1.29. The molecule has 4 amide bonds. The lowest BCUT2D eigenvalue weighted by molar-refractivity contribution is -0.136. The number of nitrogens with zero attached hydrogens (tertiary/aromatic N) is 4. The Bertz CT molecular complexity index is 1170. The molecule has 35 heavy (non-hydrogen) atoms. The number of amides is 4. The number of anilines is 1. The van der Waals surface area contributed by atoms with Gasteiger partial charge in [-0.05, 0) is 55.6 Å². The maximum atomic E-state index is 13.3. The number of hydrogen-bond acceptors (Lipinski definition) is 5. The van der Waals surface area contributed by atoms with E-state index < -0.39 is 17.5 Å². The average molecular weight is 479 g/mol. The van der Waals surface area contributed by atoms with Crippen molar-refractivity contribution in [2.45, 2.75) is 77.8 Å². The van der Waals surface area contributed by atoms with Crippen molar-refractivity contribution in [1.82, 2.24) is 25.0 Å². The third-order valence-corrected chi connectivity index (χ3v) is 7.44. The van der Waals surface area contributed by atoms with Crippen LogP contribution in [0.1, 0.15) is 65.1 Å². The van der Waals surface area contributed by atoms with Gasteiger partial charge < -0.3 is 15.2 Å². The fourth-order valence-corrected chi connectivity index (χ4v) is 6.43.